The summed E-state index contributed by atoms with van der Waals surface area (Å²) in [6.45, 7) is 5.64. The van der Waals surface area contributed by atoms with Crippen molar-refractivity contribution >= 4 is 11.4 Å². The first kappa shape index (κ1) is 13.7. The zero-order valence-electron chi connectivity index (χ0n) is 11.1. The van der Waals surface area contributed by atoms with Gasteiger partial charge in [-0.1, -0.05) is 6.07 Å². The second-order valence-electron chi connectivity index (χ2n) is 4.61. The number of hydrogen-bond donors (Lipinski definition) is 2. The van der Waals surface area contributed by atoms with E-state index >= 15 is 0 Å². The molecule has 5 heteroatoms. The molecule has 0 amide bonds. The van der Waals surface area contributed by atoms with E-state index in [1.807, 2.05) is 12.1 Å². The van der Waals surface area contributed by atoms with Gasteiger partial charge in [0, 0.05) is 19.6 Å². The van der Waals surface area contributed by atoms with E-state index in [0.717, 1.165) is 51.5 Å². The maximum atomic E-state index is 8.91. The Morgan fingerprint density at radius 1 is 1.37 bits per heavy atom. The molecule has 19 heavy (non-hydrogen) atoms. The highest BCUT2D eigenvalue weighted by atomic mass is 16.5. The monoisotopic (exact) mass is 260 g/mol. The van der Waals surface area contributed by atoms with Gasteiger partial charge >= 0.3 is 0 Å². The van der Waals surface area contributed by atoms with Gasteiger partial charge in [-0.25, -0.2) is 0 Å². The average molecular weight is 260 g/mol. The topological polar surface area (TPSA) is 74.3 Å². The van der Waals surface area contributed by atoms with Gasteiger partial charge in [0.1, 0.15) is 6.07 Å². The van der Waals surface area contributed by atoms with Crippen LogP contribution in [0.25, 0.3) is 0 Å². The summed E-state index contributed by atoms with van der Waals surface area (Å²) in [6, 6.07) is 7.58. The summed E-state index contributed by atoms with van der Waals surface area (Å²) in [7, 11) is 0. The number of ether oxygens (including phenoxy) is 1. The van der Waals surface area contributed by atoms with Crippen molar-refractivity contribution in [1.82, 2.24) is 4.90 Å². The third kappa shape index (κ3) is 3.85. The Bertz CT molecular complexity index is 449. The lowest BCUT2D eigenvalue weighted by Gasteiger charge is -2.26. The van der Waals surface area contributed by atoms with E-state index in [9.17, 15) is 0 Å². The van der Waals surface area contributed by atoms with Crippen LogP contribution in [0.3, 0.4) is 0 Å². The van der Waals surface area contributed by atoms with Crippen LogP contribution in [-0.2, 0) is 4.74 Å². The lowest BCUT2D eigenvalue weighted by atomic mass is 10.1. The Labute approximate surface area is 114 Å². The number of hydrogen-bond acceptors (Lipinski definition) is 5. The molecule has 0 unspecified atom stereocenters. The number of benzene rings is 1. The third-order valence-electron chi connectivity index (χ3n) is 3.30. The fourth-order valence-electron chi connectivity index (χ4n) is 2.17. The number of anilines is 2. The van der Waals surface area contributed by atoms with Crippen molar-refractivity contribution in [2.24, 2.45) is 0 Å². The number of rotatable bonds is 5. The van der Waals surface area contributed by atoms with Gasteiger partial charge in [0.2, 0.25) is 0 Å². The van der Waals surface area contributed by atoms with Crippen LogP contribution >= 0.6 is 0 Å². The lowest BCUT2D eigenvalue weighted by Crippen LogP contribution is -2.37. The largest absolute Gasteiger partial charge is 0.396 e. The number of nitrogens with two attached hydrogens (primary N) is 1. The molecule has 1 fully saturated rings. The molecule has 2 rings (SSSR count). The van der Waals surface area contributed by atoms with E-state index in [1.54, 1.807) is 6.07 Å². The van der Waals surface area contributed by atoms with Crippen molar-refractivity contribution < 1.29 is 4.74 Å². The molecule has 0 bridgehead atoms. The smallest absolute Gasteiger partial charge is 0.101 e. The zero-order chi connectivity index (χ0) is 13.5. The van der Waals surface area contributed by atoms with Crippen LogP contribution in [0.2, 0.25) is 0 Å². The van der Waals surface area contributed by atoms with E-state index in [-0.39, 0.29) is 0 Å². The summed E-state index contributed by atoms with van der Waals surface area (Å²) in [4.78, 5) is 2.40. The van der Waals surface area contributed by atoms with Gasteiger partial charge in [-0.15, -0.1) is 0 Å². The molecule has 0 spiro atoms. The van der Waals surface area contributed by atoms with Gasteiger partial charge in [0.15, 0.2) is 0 Å². The first-order valence-corrected chi connectivity index (χ1v) is 6.64. The van der Waals surface area contributed by atoms with Gasteiger partial charge in [-0.3, -0.25) is 4.90 Å². The van der Waals surface area contributed by atoms with E-state index in [4.69, 9.17) is 15.7 Å². The molecular formula is C14H20N4O. The fourth-order valence-corrected chi connectivity index (χ4v) is 2.17. The highest BCUT2D eigenvalue weighted by molar-refractivity contribution is 5.72. The van der Waals surface area contributed by atoms with Crippen molar-refractivity contribution in [2.45, 2.75) is 6.42 Å². The van der Waals surface area contributed by atoms with Gasteiger partial charge in [0.25, 0.3) is 0 Å². The molecule has 1 saturated heterocycles. The SMILES string of the molecule is N#Cc1cccc(NCCCN2CCOCC2)c1N. The van der Waals surface area contributed by atoms with Gasteiger partial charge in [-0.2, -0.15) is 5.26 Å². The molecule has 3 N–H and O–H groups in total. The Hall–Kier alpha value is -1.77. The van der Waals surface area contributed by atoms with E-state index in [0.29, 0.717) is 11.3 Å². The van der Waals surface area contributed by atoms with Crippen LogP contribution in [0.4, 0.5) is 11.4 Å². The number of nitrogens with one attached hydrogen (secondary N) is 1. The van der Waals surface area contributed by atoms with E-state index < -0.39 is 0 Å². The second-order valence-corrected chi connectivity index (χ2v) is 4.61. The summed E-state index contributed by atoms with van der Waals surface area (Å²) < 4.78 is 5.31. The summed E-state index contributed by atoms with van der Waals surface area (Å²) >= 11 is 0. The van der Waals surface area contributed by atoms with Crippen molar-refractivity contribution in [2.75, 3.05) is 50.4 Å². The highest BCUT2D eigenvalue weighted by Gasteiger charge is 2.09. The van der Waals surface area contributed by atoms with E-state index in [1.165, 1.54) is 0 Å². The fraction of sp³-hybridized carbons (Fsp3) is 0.500. The van der Waals surface area contributed by atoms with Gasteiger partial charge in [0.05, 0.1) is 30.2 Å². The Morgan fingerprint density at radius 2 is 2.16 bits per heavy atom. The summed E-state index contributed by atoms with van der Waals surface area (Å²) in [5, 5.41) is 12.2. The van der Waals surface area contributed by atoms with Crippen LogP contribution in [0.5, 0.6) is 0 Å². The van der Waals surface area contributed by atoms with Gasteiger partial charge < -0.3 is 15.8 Å². The normalized spacial score (nSPS) is 15.9. The van der Waals surface area contributed by atoms with Crippen molar-refractivity contribution in [3.8, 4) is 6.07 Å². The highest BCUT2D eigenvalue weighted by Crippen LogP contribution is 2.21. The molecule has 1 aromatic rings. The van der Waals surface area contributed by atoms with Crippen molar-refractivity contribution in [1.29, 1.82) is 5.26 Å². The van der Waals surface area contributed by atoms with Crippen molar-refractivity contribution in [3.63, 3.8) is 0 Å². The molecule has 0 atom stereocenters. The molecule has 5 nitrogen and oxygen atoms in total. The number of nitrogen functional groups attached to an aromatic ring is 1. The first-order valence-electron chi connectivity index (χ1n) is 6.64. The minimum Gasteiger partial charge on any atom is -0.396 e. The number of nitrogens with zero attached hydrogens (tertiary/aromatic N) is 2. The number of morpholine rings is 1. The van der Waals surface area contributed by atoms with E-state index in [2.05, 4.69) is 16.3 Å². The lowest BCUT2D eigenvalue weighted by molar-refractivity contribution is 0.0378. The predicted octanol–water partition coefficient (Wildman–Crippen LogP) is 1.27. The third-order valence-corrected chi connectivity index (χ3v) is 3.30. The molecule has 0 aromatic heterocycles. The molecular weight excluding hydrogens is 240 g/mol. The number of para-hydroxylation sites is 1. The molecule has 1 heterocycles. The minimum atomic E-state index is 0.526. The molecule has 0 radical (unpaired) electrons. The van der Waals surface area contributed by atoms with Crippen LogP contribution in [0.15, 0.2) is 18.2 Å². The van der Waals surface area contributed by atoms with Crippen LogP contribution < -0.4 is 11.1 Å². The Balaban J connectivity index is 1.75. The minimum absolute atomic E-state index is 0.526. The molecule has 102 valence electrons. The maximum Gasteiger partial charge on any atom is 0.101 e. The quantitative estimate of drug-likeness (QED) is 0.616. The van der Waals surface area contributed by atoms with Crippen molar-refractivity contribution in [3.05, 3.63) is 23.8 Å². The van der Waals surface area contributed by atoms with Crippen LogP contribution in [-0.4, -0.2) is 44.3 Å². The maximum absolute atomic E-state index is 8.91. The first-order chi connectivity index (χ1) is 9.31. The molecule has 0 saturated carbocycles. The average Bonchev–Trinajstić information content (AvgIpc) is 2.46. The standard InChI is InChI=1S/C14H20N4O/c15-11-12-3-1-4-13(14(12)16)17-5-2-6-18-7-9-19-10-8-18/h1,3-4,17H,2,5-10,16H2. The Morgan fingerprint density at radius 3 is 2.89 bits per heavy atom. The molecule has 1 aromatic carbocycles. The van der Waals surface area contributed by atoms with Crippen LogP contribution in [0, 0.1) is 11.3 Å². The van der Waals surface area contributed by atoms with Gasteiger partial charge in [-0.05, 0) is 25.1 Å². The molecule has 1 aliphatic heterocycles. The van der Waals surface area contributed by atoms with Crippen LogP contribution in [0.1, 0.15) is 12.0 Å². The number of nitriles is 1. The summed E-state index contributed by atoms with van der Waals surface area (Å²) in [5.41, 5.74) is 7.82. The zero-order valence-corrected chi connectivity index (χ0v) is 11.1. The molecule has 0 aliphatic carbocycles. The summed E-state index contributed by atoms with van der Waals surface area (Å²) in [6.07, 6.45) is 1.05. The second kappa shape index (κ2) is 6.98. The molecule has 1 aliphatic rings. The predicted molar refractivity (Wildman–Crippen MR) is 75.9 cm³/mol. The summed E-state index contributed by atoms with van der Waals surface area (Å²) in [5.74, 6) is 0. The Kier molecular flexibility index (Phi) is 5.01.